The second-order valence-electron chi connectivity index (χ2n) is 3.12. The third-order valence-corrected chi connectivity index (χ3v) is 4.18. The summed E-state index contributed by atoms with van der Waals surface area (Å²) >= 11 is 0. The third-order valence-electron chi connectivity index (χ3n) is 1.99. The van der Waals surface area contributed by atoms with Crippen LogP contribution in [0.1, 0.15) is 0 Å². The van der Waals surface area contributed by atoms with Gasteiger partial charge in [-0.15, -0.1) is 6.58 Å². The lowest BCUT2D eigenvalue weighted by molar-refractivity contribution is 0.147. The first-order chi connectivity index (χ1) is 7.38. The molecule has 0 saturated heterocycles. The molecule has 0 N–H and O–H groups in total. The predicted molar refractivity (Wildman–Crippen MR) is 64.7 cm³/mol. The Labute approximate surface area is 93.3 Å². The van der Waals surface area contributed by atoms with E-state index in [-0.39, 0.29) is 0 Å². The van der Waals surface area contributed by atoms with Crippen molar-refractivity contribution >= 4 is 14.2 Å². The number of methoxy groups -OCH3 is 1. The summed E-state index contributed by atoms with van der Waals surface area (Å²) in [6, 6.07) is 11.3. The molecular formula is C12H17O2Si. The lowest BCUT2D eigenvalue weighted by atomic mass is 10.4. The highest BCUT2D eigenvalue weighted by Crippen LogP contribution is 1.98. The number of hydrogen-bond donors (Lipinski definition) is 0. The van der Waals surface area contributed by atoms with Crippen molar-refractivity contribution in [2.75, 3.05) is 20.3 Å². The highest BCUT2D eigenvalue weighted by molar-refractivity contribution is 6.67. The molecule has 0 heterocycles. The summed E-state index contributed by atoms with van der Waals surface area (Å²) in [6.07, 6.45) is 1.92. The molecule has 0 amide bonds. The average molecular weight is 221 g/mol. The van der Waals surface area contributed by atoms with Gasteiger partial charge in [-0.3, -0.25) is 0 Å². The molecule has 1 aromatic rings. The van der Waals surface area contributed by atoms with E-state index in [4.69, 9.17) is 9.16 Å². The Morgan fingerprint density at radius 1 is 1.27 bits per heavy atom. The van der Waals surface area contributed by atoms with E-state index in [1.165, 1.54) is 5.19 Å². The first-order valence-corrected chi connectivity index (χ1v) is 6.64. The van der Waals surface area contributed by atoms with Gasteiger partial charge in [0.25, 0.3) is 9.04 Å². The second-order valence-corrected chi connectivity index (χ2v) is 5.24. The maximum atomic E-state index is 5.81. The summed E-state index contributed by atoms with van der Waals surface area (Å²) in [5, 5.41) is 1.29. The van der Waals surface area contributed by atoms with Crippen LogP contribution < -0.4 is 5.19 Å². The second kappa shape index (κ2) is 7.40. The molecule has 15 heavy (non-hydrogen) atoms. The van der Waals surface area contributed by atoms with E-state index in [2.05, 4.69) is 18.7 Å². The van der Waals surface area contributed by atoms with Crippen LogP contribution >= 0.6 is 0 Å². The number of rotatable bonds is 7. The number of benzene rings is 1. The van der Waals surface area contributed by atoms with Gasteiger partial charge in [0.1, 0.15) is 0 Å². The van der Waals surface area contributed by atoms with Crippen LogP contribution in [0.2, 0.25) is 6.04 Å². The summed E-state index contributed by atoms with van der Waals surface area (Å²) in [7, 11) is 0.743. The normalized spacial score (nSPS) is 10.5. The summed E-state index contributed by atoms with van der Waals surface area (Å²) in [5.74, 6) is 0. The van der Waals surface area contributed by atoms with Gasteiger partial charge in [0.15, 0.2) is 0 Å². The number of hydrogen-bond acceptors (Lipinski definition) is 2. The standard InChI is InChI=1S/C12H17O2Si/c1-3-11-15(14-10-9-13-2)12-7-5-4-6-8-12/h3-8H,1,9-11H2,2H3. The number of allylic oxidation sites excluding steroid dienone is 1. The Morgan fingerprint density at radius 3 is 2.60 bits per heavy atom. The maximum absolute atomic E-state index is 5.81. The highest BCUT2D eigenvalue weighted by Gasteiger charge is 2.13. The highest BCUT2D eigenvalue weighted by atomic mass is 28.3. The summed E-state index contributed by atoms with van der Waals surface area (Å²) < 4.78 is 10.8. The van der Waals surface area contributed by atoms with E-state index < -0.39 is 9.04 Å². The van der Waals surface area contributed by atoms with Crippen molar-refractivity contribution in [2.45, 2.75) is 6.04 Å². The molecule has 0 bridgehead atoms. The molecule has 3 heteroatoms. The van der Waals surface area contributed by atoms with Crippen molar-refractivity contribution in [1.82, 2.24) is 0 Å². The zero-order chi connectivity index (χ0) is 10.9. The SMILES string of the molecule is C=CC[Si](OCCOC)c1ccccc1. The molecule has 0 aliphatic heterocycles. The molecule has 1 radical (unpaired) electrons. The van der Waals surface area contributed by atoms with Crippen LogP contribution in [0.5, 0.6) is 0 Å². The molecule has 0 saturated carbocycles. The summed E-state index contributed by atoms with van der Waals surface area (Å²) in [5.41, 5.74) is 0. The van der Waals surface area contributed by atoms with Crippen molar-refractivity contribution in [3.63, 3.8) is 0 Å². The van der Waals surface area contributed by atoms with E-state index >= 15 is 0 Å². The molecule has 0 aliphatic carbocycles. The first-order valence-electron chi connectivity index (χ1n) is 5.02. The van der Waals surface area contributed by atoms with Gasteiger partial charge in [-0.25, -0.2) is 0 Å². The van der Waals surface area contributed by atoms with Gasteiger partial charge in [-0.05, 0) is 11.2 Å². The van der Waals surface area contributed by atoms with Crippen LogP contribution in [-0.2, 0) is 9.16 Å². The van der Waals surface area contributed by atoms with Gasteiger partial charge in [0.2, 0.25) is 0 Å². The topological polar surface area (TPSA) is 18.5 Å². The Hall–Kier alpha value is -0.903. The lowest BCUT2D eigenvalue weighted by Crippen LogP contribution is -2.33. The average Bonchev–Trinajstić information content (AvgIpc) is 2.29. The fourth-order valence-electron chi connectivity index (χ4n) is 1.26. The summed E-state index contributed by atoms with van der Waals surface area (Å²) in [6.45, 7) is 5.08. The largest absolute Gasteiger partial charge is 0.409 e. The van der Waals surface area contributed by atoms with Crippen LogP contribution in [0, 0.1) is 0 Å². The molecule has 0 spiro atoms. The smallest absolute Gasteiger partial charge is 0.250 e. The molecule has 0 aliphatic rings. The maximum Gasteiger partial charge on any atom is 0.250 e. The van der Waals surface area contributed by atoms with Crippen LogP contribution in [0.25, 0.3) is 0 Å². The first kappa shape index (κ1) is 12.2. The molecular weight excluding hydrogens is 204 g/mol. The fraction of sp³-hybridized carbons (Fsp3) is 0.333. The Balaban J connectivity index is 2.53. The summed E-state index contributed by atoms with van der Waals surface area (Å²) in [4.78, 5) is 0. The molecule has 0 aromatic heterocycles. The molecule has 1 rings (SSSR count). The van der Waals surface area contributed by atoms with E-state index in [1.54, 1.807) is 7.11 Å². The molecule has 2 nitrogen and oxygen atoms in total. The van der Waals surface area contributed by atoms with Crippen LogP contribution in [0.15, 0.2) is 43.0 Å². The van der Waals surface area contributed by atoms with Gasteiger partial charge < -0.3 is 9.16 Å². The minimum atomic E-state index is -0.944. The van der Waals surface area contributed by atoms with E-state index in [1.807, 2.05) is 24.3 Å². The van der Waals surface area contributed by atoms with Gasteiger partial charge in [0.05, 0.1) is 13.2 Å². The van der Waals surface area contributed by atoms with Gasteiger partial charge >= 0.3 is 0 Å². The van der Waals surface area contributed by atoms with Gasteiger partial charge in [0, 0.05) is 7.11 Å². The van der Waals surface area contributed by atoms with Crippen molar-refractivity contribution in [3.05, 3.63) is 43.0 Å². The molecule has 0 atom stereocenters. The van der Waals surface area contributed by atoms with Gasteiger partial charge in [-0.2, -0.15) is 0 Å². The van der Waals surface area contributed by atoms with Crippen molar-refractivity contribution in [1.29, 1.82) is 0 Å². The fourth-order valence-corrected chi connectivity index (χ4v) is 2.94. The van der Waals surface area contributed by atoms with E-state index in [0.717, 1.165) is 6.04 Å². The Kier molecular flexibility index (Phi) is 6.00. The Bertz CT molecular complexity index is 274. The molecule has 0 fully saturated rings. The van der Waals surface area contributed by atoms with Crippen LogP contribution in [0.4, 0.5) is 0 Å². The minimum absolute atomic E-state index is 0.651. The molecule has 1 aromatic carbocycles. The predicted octanol–water partition coefficient (Wildman–Crippen LogP) is 1.73. The van der Waals surface area contributed by atoms with Crippen molar-refractivity contribution in [2.24, 2.45) is 0 Å². The monoisotopic (exact) mass is 221 g/mol. The molecule has 81 valence electrons. The number of ether oxygens (including phenoxy) is 1. The third kappa shape index (κ3) is 4.42. The van der Waals surface area contributed by atoms with E-state index in [0.29, 0.717) is 13.2 Å². The quantitative estimate of drug-likeness (QED) is 0.397. The van der Waals surface area contributed by atoms with Crippen molar-refractivity contribution in [3.8, 4) is 0 Å². The zero-order valence-corrected chi connectivity index (χ0v) is 10.1. The zero-order valence-electron chi connectivity index (χ0n) is 9.11. The van der Waals surface area contributed by atoms with Gasteiger partial charge in [-0.1, -0.05) is 36.4 Å². The lowest BCUT2D eigenvalue weighted by Gasteiger charge is -2.13. The molecule has 0 unspecified atom stereocenters. The van der Waals surface area contributed by atoms with Crippen LogP contribution in [0.3, 0.4) is 0 Å². The minimum Gasteiger partial charge on any atom is -0.409 e. The van der Waals surface area contributed by atoms with Crippen molar-refractivity contribution < 1.29 is 9.16 Å². The Morgan fingerprint density at radius 2 is 2.00 bits per heavy atom. The van der Waals surface area contributed by atoms with Crippen LogP contribution in [-0.4, -0.2) is 29.4 Å². The van der Waals surface area contributed by atoms with E-state index in [9.17, 15) is 0 Å².